The molecule has 0 saturated heterocycles. The fourth-order valence-corrected chi connectivity index (χ4v) is 2.87. The van der Waals surface area contributed by atoms with Crippen LogP contribution in [0, 0.1) is 0 Å². The predicted molar refractivity (Wildman–Crippen MR) is 70.9 cm³/mol. The number of hydrogen-bond donors (Lipinski definition) is 0. The van der Waals surface area contributed by atoms with Gasteiger partial charge in [0.2, 0.25) is 0 Å². The Hall–Kier alpha value is -0.130. The van der Waals surface area contributed by atoms with Crippen molar-refractivity contribution in [3.8, 4) is 0 Å². The molecule has 0 bridgehead atoms. The topological polar surface area (TPSA) is 17.8 Å². The average Bonchev–Trinajstić information content (AvgIpc) is 2.45. The molecule has 0 aliphatic rings. The van der Waals surface area contributed by atoms with Crippen molar-refractivity contribution in [1.82, 2.24) is 9.78 Å². The molecule has 0 N–H and O–H groups in total. The zero-order chi connectivity index (χ0) is 10.8. The van der Waals surface area contributed by atoms with Gasteiger partial charge in [-0.05, 0) is 49.6 Å². The van der Waals surface area contributed by atoms with Gasteiger partial charge in [0, 0.05) is 10.5 Å². The van der Waals surface area contributed by atoms with Crippen LogP contribution in [-0.2, 0) is 6.54 Å². The number of nitrogens with zero attached hydrogens (tertiary/aromatic N) is 2. The summed E-state index contributed by atoms with van der Waals surface area (Å²) in [6.45, 7) is 0.756. The Labute approximate surface area is 113 Å². The summed E-state index contributed by atoms with van der Waals surface area (Å²) in [7, 11) is 0. The van der Waals surface area contributed by atoms with Crippen LogP contribution in [0.25, 0.3) is 0 Å². The molecule has 2 nitrogen and oxygen atoms in total. The lowest BCUT2D eigenvalue weighted by molar-refractivity contribution is 0.667. The summed E-state index contributed by atoms with van der Waals surface area (Å²) in [4.78, 5) is 0. The predicted octanol–water partition coefficient (Wildman–Crippen LogP) is 4.22. The Kier molecular flexibility index (Phi) is 3.64. The molecule has 0 unspecified atom stereocenters. The Morgan fingerprint density at radius 2 is 1.93 bits per heavy atom. The highest BCUT2D eigenvalue weighted by Crippen LogP contribution is 2.19. The number of aromatic nitrogens is 2. The van der Waals surface area contributed by atoms with E-state index in [1.54, 1.807) is 0 Å². The van der Waals surface area contributed by atoms with Gasteiger partial charge in [0.05, 0.1) is 6.54 Å². The minimum Gasteiger partial charge on any atom is -0.253 e. The number of hydrogen-bond acceptors (Lipinski definition) is 1. The molecular formula is C10H7Br3N2. The maximum absolute atomic E-state index is 4.31. The van der Waals surface area contributed by atoms with Crippen LogP contribution >= 0.6 is 47.8 Å². The van der Waals surface area contributed by atoms with Crippen molar-refractivity contribution >= 4 is 47.8 Å². The molecule has 1 aromatic heterocycles. The van der Waals surface area contributed by atoms with Gasteiger partial charge in [-0.25, -0.2) is 0 Å². The molecule has 0 fully saturated rings. The number of rotatable bonds is 2. The van der Waals surface area contributed by atoms with Gasteiger partial charge in [0.25, 0.3) is 0 Å². The molecule has 0 amide bonds. The van der Waals surface area contributed by atoms with E-state index in [1.165, 1.54) is 5.56 Å². The molecule has 2 aromatic rings. The van der Waals surface area contributed by atoms with Gasteiger partial charge in [-0.2, -0.15) is 5.10 Å². The van der Waals surface area contributed by atoms with Crippen molar-refractivity contribution in [2.45, 2.75) is 6.54 Å². The second kappa shape index (κ2) is 4.80. The van der Waals surface area contributed by atoms with E-state index in [9.17, 15) is 0 Å². The van der Waals surface area contributed by atoms with Gasteiger partial charge in [-0.1, -0.05) is 28.1 Å². The summed E-state index contributed by atoms with van der Waals surface area (Å²) in [5.74, 6) is 0. The van der Waals surface area contributed by atoms with E-state index in [0.29, 0.717) is 0 Å². The maximum atomic E-state index is 4.31. The summed E-state index contributed by atoms with van der Waals surface area (Å²) in [6.07, 6.45) is 0. The third-order valence-corrected chi connectivity index (χ3v) is 3.44. The largest absolute Gasteiger partial charge is 0.253 e. The Morgan fingerprint density at radius 1 is 1.13 bits per heavy atom. The minimum atomic E-state index is 0.756. The molecule has 2 rings (SSSR count). The van der Waals surface area contributed by atoms with Crippen molar-refractivity contribution in [2.75, 3.05) is 0 Å². The SMILES string of the molecule is Brc1cccc(Cn2nc(Br)cc2Br)c1. The highest BCUT2D eigenvalue weighted by molar-refractivity contribution is 9.11. The molecule has 78 valence electrons. The lowest BCUT2D eigenvalue weighted by Gasteiger charge is -2.03. The van der Waals surface area contributed by atoms with E-state index in [1.807, 2.05) is 22.9 Å². The Morgan fingerprint density at radius 3 is 2.53 bits per heavy atom. The monoisotopic (exact) mass is 392 g/mol. The normalized spacial score (nSPS) is 10.6. The first-order valence-electron chi connectivity index (χ1n) is 4.28. The molecule has 0 spiro atoms. The van der Waals surface area contributed by atoms with E-state index in [0.717, 1.165) is 20.2 Å². The average molecular weight is 395 g/mol. The van der Waals surface area contributed by atoms with Crippen LogP contribution in [0.3, 0.4) is 0 Å². The zero-order valence-corrected chi connectivity index (χ0v) is 12.4. The van der Waals surface area contributed by atoms with Crippen molar-refractivity contribution in [3.05, 3.63) is 49.6 Å². The smallest absolute Gasteiger partial charge is 0.129 e. The van der Waals surface area contributed by atoms with Gasteiger partial charge in [-0.15, -0.1) is 0 Å². The summed E-state index contributed by atoms with van der Waals surface area (Å²) in [5.41, 5.74) is 1.21. The van der Waals surface area contributed by atoms with E-state index in [-0.39, 0.29) is 0 Å². The molecule has 0 aliphatic heterocycles. The van der Waals surface area contributed by atoms with Gasteiger partial charge in [0.15, 0.2) is 0 Å². The van der Waals surface area contributed by atoms with Crippen molar-refractivity contribution < 1.29 is 0 Å². The van der Waals surface area contributed by atoms with Crippen LogP contribution < -0.4 is 0 Å². The molecule has 5 heteroatoms. The van der Waals surface area contributed by atoms with E-state index < -0.39 is 0 Å². The molecule has 0 radical (unpaired) electrons. The minimum absolute atomic E-state index is 0.756. The van der Waals surface area contributed by atoms with E-state index in [4.69, 9.17) is 0 Å². The number of halogens is 3. The highest BCUT2D eigenvalue weighted by atomic mass is 79.9. The molecule has 1 aromatic carbocycles. The molecule has 15 heavy (non-hydrogen) atoms. The Balaban J connectivity index is 2.25. The summed E-state index contributed by atoms with van der Waals surface area (Å²) in [6, 6.07) is 10.1. The second-order valence-electron chi connectivity index (χ2n) is 3.08. The van der Waals surface area contributed by atoms with Gasteiger partial charge in [-0.3, -0.25) is 4.68 Å². The van der Waals surface area contributed by atoms with Crippen LogP contribution in [0.1, 0.15) is 5.56 Å². The molecule has 0 atom stereocenters. The van der Waals surface area contributed by atoms with Gasteiger partial charge >= 0.3 is 0 Å². The molecule has 0 saturated carbocycles. The van der Waals surface area contributed by atoms with Crippen LogP contribution in [0.15, 0.2) is 44.0 Å². The van der Waals surface area contributed by atoms with Crippen LogP contribution in [0.4, 0.5) is 0 Å². The summed E-state index contributed by atoms with van der Waals surface area (Å²) >= 11 is 10.2. The van der Waals surface area contributed by atoms with Crippen LogP contribution in [0.5, 0.6) is 0 Å². The number of benzene rings is 1. The second-order valence-corrected chi connectivity index (χ2v) is 5.62. The van der Waals surface area contributed by atoms with Crippen molar-refractivity contribution in [2.24, 2.45) is 0 Å². The standard InChI is InChI=1S/C10H7Br3N2/c11-8-3-1-2-7(4-8)6-15-10(13)5-9(12)14-15/h1-5H,6H2. The third-order valence-electron chi connectivity index (χ3n) is 1.92. The van der Waals surface area contributed by atoms with Gasteiger partial charge in [0.1, 0.15) is 9.21 Å². The zero-order valence-electron chi connectivity index (χ0n) is 7.62. The van der Waals surface area contributed by atoms with Crippen molar-refractivity contribution in [1.29, 1.82) is 0 Å². The maximum Gasteiger partial charge on any atom is 0.129 e. The lowest BCUT2D eigenvalue weighted by Crippen LogP contribution is -2.01. The highest BCUT2D eigenvalue weighted by Gasteiger charge is 2.03. The van der Waals surface area contributed by atoms with Gasteiger partial charge < -0.3 is 0 Å². The fourth-order valence-electron chi connectivity index (χ4n) is 1.28. The first-order chi connectivity index (χ1) is 7.15. The third kappa shape index (κ3) is 2.92. The molecule has 1 heterocycles. The quantitative estimate of drug-likeness (QED) is 0.745. The Bertz CT molecular complexity index is 479. The van der Waals surface area contributed by atoms with E-state index >= 15 is 0 Å². The van der Waals surface area contributed by atoms with E-state index in [2.05, 4.69) is 65.0 Å². The molecule has 0 aliphatic carbocycles. The summed E-state index contributed by atoms with van der Waals surface area (Å²) in [5, 5.41) is 4.31. The summed E-state index contributed by atoms with van der Waals surface area (Å²) < 4.78 is 4.78. The first-order valence-corrected chi connectivity index (χ1v) is 6.66. The molecular weight excluding hydrogens is 388 g/mol. The van der Waals surface area contributed by atoms with Crippen LogP contribution in [0.2, 0.25) is 0 Å². The first kappa shape index (κ1) is 11.4. The lowest BCUT2D eigenvalue weighted by atomic mass is 10.2. The van der Waals surface area contributed by atoms with Crippen LogP contribution in [-0.4, -0.2) is 9.78 Å². The fraction of sp³-hybridized carbons (Fsp3) is 0.100. The van der Waals surface area contributed by atoms with Crippen molar-refractivity contribution in [3.63, 3.8) is 0 Å².